The number of non-ortho nitro benzene ring substituents is 1. The molecule has 7 heteroatoms. The second-order valence-electron chi connectivity index (χ2n) is 7.97. The van der Waals surface area contributed by atoms with E-state index in [0.717, 1.165) is 30.9 Å². The van der Waals surface area contributed by atoms with Gasteiger partial charge >= 0.3 is 0 Å². The molecule has 1 N–H and O–H groups in total. The van der Waals surface area contributed by atoms with E-state index in [4.69, 9.17) is 0 Å². The highest BCUT2D eigenvalue weighted by molar-refractivity contribution is 5.82. The molecule has 2 atom stereocenters. The molecule has 2 heterocycles. The van der Waals surface area contributed by atoms with Gasteiger partial charge in [-0.2, -0.15) is 0 Å². The summed E-state index contributed by atoms with van der Waals surface area (Å²) < 4.78 is 0. The van der Waals surface area contributed by atoms with Crippen LogP contribution in [0.5, 0.6) is 0 Å². The lowest BCUT2D eigenvalue weighted by atomic mass is 9.83. The number of fused-ring (bicyclic) bond motifs is 3. The summed E-state index contributed by atoms with van der Waals surface area (Å²) in [4.78, 5) is 28.6. The second kappa shape index (κ2) is 7.46. The van der Waals surface area contributed by atoms with Crippen LogP contribution in [0.3, 0.4) is 0 Å². The smallest absolute Gasteiger partial charge is 0.269 e. The Labute approximate surface area is 159 Å². The second-order valence-corrected chi connectivity index (χ2v) is 7.97. The number of nitro groups is 1. The van der Waals surface area contributed by atoms with Crippen molar-refractivity contribution in [1.29, 1.82) is 0 Å². The Bertz CT molecular complexity index is 732. The van der Waals surface area contributed by atoms with Crippen LogP contribution in [0.1, 0.15) is 38.2 Å². The fourth-order valence-corrected chi connectivity index (χ4v) is 5.15. The van der Waals surface area contributed by atoms with Gasteiger partial charge in [-0.3, -0.25) is 19.8 Å². The van der Waals surface area contributed by atoms with Crippen LogP contribution in [-0.4, -0.2) is 54.0 Å². The van der Waals surface area contributed by atoms with Crippen molar-refractivity contribution in [2.24, 2.45) is 5.92 Å². The summed E-state index contributed by atoms with van der Waals surface area (Å²) in [6, 6.07) is 5.91. The number of carbonyl (C=O) groups excluding carboxylic acids is 1. The van der Waals surface area contributed by atoms with E-state index in [0.29, 0.717) is 19.0 Å². The van der Waals surface area contributed by atoms with Crippen LogP contribution in [-0.2, 0) is 11.2 Å². The summed E-state index contributed by atoms with van der Waals surface area (Å²) in [5, 5.41) is 14.2. The van der Waals surface area contributed by atoms with Gasteiger partial charge in [-0.1, -0.05) is 12.8 Å². The van der Waals surface area contributed by atoms with Gasteiger partial charge in [0.15, 0.2) is 0 Å². The molecule has 0 unspecified atom stereocenters. The van der Waals surface area contributed by atoms with E-state index in [1.54, 1.807) is 12.1 Å². The van der Waals surface area contributed by atoms with Crippen LogP contribution in [0.25, 0.3) is 0 Å². The molecular formula is C20H28N4O3. The Morgan fingerprint density at radius 3 is 2.78 bits per heavy atom. The standard InChI is InChI=1S/C20H28N4O3/c1-2-21-20(25)17-12-14-11-16(24(26)27)7-8-18(14)23-10-9-22(13-19(17)23)15-5-3-4-6-15/h7-8,11,15,17,19H,2-6,9-10,12-13H2,1H3,(H,21,25)/t17-,19-/m0/s1. The minimum Gasteiger partial charge on any atom is -0.365 e. The predicted octanol–water partition coefficient (Wildman–Crippen LogP) is 2.34. The monoisotopic (exact) mass is 372 g/mol. The number of amides is 1. The van der Waals surface area contributed by atoms with Gasteiger partial charge in [0.1, 0.15) is 0 Å². The van der Waals surface area contributed by atoms with E-state index < -0.39 is 0 Å². The van der Waals surface area contributed by atoms with Crippen molar-refractivity contribution in [3.63, 3.8) is 0 Å². The maximum Gasteiger partial charge on any atom is 0.269 e. The summed E-state index contributed by atoms with van der Waals surface area (Å²) in [7, 11) is 0. The van der Waals surface area contributed by atoms with E-state index in [1.807, 2.05) is 13.0 Å². The zero-order valence-corrected chi connectivity index (χ0v) is 15.9. The highest BCUT2D eigenvalue weighted by Crippen LogP contribution is 2.39. The van der Waals surface area contributed by atoms with Crippen molar-refractivity contribution in [1.82, 2.24) is 10.2 Å². The Balaban J connectivity index is 1.64. The maximum absolute atomic E-state index is 12.8. The minimum absolute atomic E-state index is 0.0675. The first-order valence-corrected chi connectivity index (χ1v) is 10.1. The molecule has 27 heavy (non-hydrogen) atoms. The molecule has 1 saturated heterocycles. The first kappa shape index (κ1) is 18.2. The molecule has 0 aromatic heterocycles. The van der Waals surface area contributed by atoms with Crippen LogP contribution in [0.15, 0.2) is 18.2 Å². The molecular weight excluding hydrogens is 344 g/mol. The molecule has 1 aliphatic carbocycles. The minimum atomic E-state index is -0.356. The zero-order chi connectivity index (χ0) is 19.0. The number of nitrogens with one attached hydrogen (secondary N) is 1. The van der Waals surface area contributed by atoms with Crippen LogP contribution < -0.4 is 10.2 Å². The van der Waals surface area contributed by atoms with Crippen molar-refractivity contribution in [2.45, 2.75) is 51.1 Å². The van der Waals surface area contributed by atoms with E-state index in [-0.39, 0.29) is 28.5 Å². The number of nitro benzene ring substituents is 1. The van der Waals surface area contributed by atoms with Gasteiger partial charge in [0.05, 0.1) is 16.9 Å². The average Bonchev–Trinajstić information content (AvgIpc) is 3.21. The number of nitrogens with zero attached hydrogens (tertiary/aromatic N) is 3. The number of hydrogen-bond donors (Lipinski definition) is 1. The Kier molecular flexibility index (Phi) is 5.04. The van der Waals surface area contributed by atoms with Crippen molar-refractivity contribution in [3.8, 4) is 0 Å². The first-order chi connectivity index (χ1) is 13.1. The molecule has 1 saturated carbocycles. The lowest BCUT2D eigenvalue weighted by Crippen LogP contribution is -2.62. The van der Waals surface area contributed by atoms with E-state index >= 15 is 0 Å². The fourth-order valence-electron chi connectivity index (χ4n) is 5.15. The van der Waals surface area contributed by atoms with Crippen molar-refractivity contribution < 1.29 is 9.72 Å². The molecule has 146 valence electrons. The number of rotatable bonds is 4. The van der Waals surface area contributed by atoms with Crippen molar-refractivity contribution in [2.75, 3.05) is 31.1 Å². The summed E-state index contributed by atoms with van der Waals surface area (Å²) >= 11 is 0. The predicted molar refractivity (Wildman–Crippen MR) is 104 cm³/mol. The Morgan fingerprint density at radius 1 is 1.30 bits per heavy atom. The number of carbonyl (C=O) groups is 1. The van der Waals surface area contributed by atoms with Gasteiger partial charge in [-0.25, -0.2) is 0 Å². The van der Waals surface area contributed by atoms with Crippen LogP contribution >= 0.6 is 0 Å². The first-order valence-electron chi connectivity index (χ1n) is 10.1. The highest BCUT2D eigenvalue weighted by atomic mass is 16.6. The largest absolute Gasteiger partial charge is 0.365 e. The fraction of sp³-hybridized carbons (Fsp3) is 0.650. The van der Waals surface area contributed by atoms with Crippen LogP contribution in [0.4, 0.5) is 11.4 Å². The summed E-state index contributed by atoms with van der Waals surface area (Å²) in [5.41, 5.74) is 2.09. The lowest BCUT2D eigenvalue weighted by Gasteiger charge is -2.50. The molecule has 7 nitrogen and oxygen atoms in total. The van der Waals surface area contributed by atoms with Gasteiger partial charge in [0.2, 0.25) is 5.91 Å². The SMILES string of the molecule is CCNC(=O)[C@H]1Cc2cc([N+](=O)[O-])ccc2N2CCN(C3CCCC3)C[C@@H]12. The molecule has 2 fully saturated rings. The molecule has 0 spiro atoms. The van der Waals surface area contributed by atoms with E-state index in [2.05, 4.69) is 15.1 Å². The molecule has 0 radical (unpaired) electrons. The topological polar surface area (TPSA) is 78.7 Å². The van der Waals surface area contributed by atoms with E-state index in [9.17, 15) is 14.9 Å². The van der Waals surface area contributed by atoms with Crippen LogP contribution in [0, 0.1) is 16.0 Å². The number of benzene rings is 1. The van der Waals surface area contributed by atoms with E-state index in [1.165, 1.54) is 25.7 Å². The molecule has 1 aromatic rings. The van der Waals surface area contributed by atoms with Gasteiger partial charge in [0.25, 0.3) is 5.69 Å². The molecule has 1 amide bonds. The van der Waals surface area contributed by atoms with Crippen molar-refractivity contribution in [3.05, 3.63) is 33.9 Å². The summed E-state index contributed by atoms with van der Waals surface area (Å²) in [5.74, 6) is -0.0958. The number of hydrogen-bond acceptors (Lipinski definition) is 5. The van der Waals surface area contributed by atoms with Crippen molar-refractivity contribution >= 4 is 17.3 Å². The number of anilines is 1. The average molecular weight is 372 g/mol. The molecule has 1 aromatic carbocycles. The third-order valence-corrected chi connectivity index (χ3v) is 6.47. The maximum atomic E-state index is 12.8. The molecule has 3 aliphatic rings. The number of piperazine rings is 1. The third-order valence-electron chi connectivity index (χ3n) is 6.47. The molecule has 0 bridgehead atoms. The molecule has 4 rings (SSSR count). The summed E-state index contributed by atoms with van der Waals surface area (Å²) in [6.07, 6.45) is 5.72. The quantitative estimate of drug-likeness (QED) is 0.648. The zero-order valence-electron chi connectivity index (χ0n) is 15.9. The Hall–Kier alpha value is -2.15. The van der Waals surface area contributed by atoms with Crippen LogP contribution in [0.2, 0.25) is 0 Å². The van der Waals surface area contributed by atoms with Gasteiger partial charge < -0.3 is 10.2 Å². The highest BCUT2D eigenvalue weighted by Gasteiger charge is 2.43. The third kappa shape index (κ3) is 3.40. The van der Waals surface area contributed by atoms with Gasteiger partial charge in [-0.15, -0.1) is 0 Å². The van der Waals surface area contributed by atoms with Gasteiger partial charge in [-0.05, 0) is 37.8 Å². The van der Waals surface area contributed by atoms with Gasteiger partial charge in [0, 0.05) is 50.0 Å². The molecule has 2 aliphatic heterocycles. The normalized spacial score (nSPS) is 25.7. The Morgan fingerprint density at radius 2 is 2.07 bits per heavy atom. The summed E-state index contributed by atoms with van der Waals surface area (Å²) in [6.45, 7) is 5.32. The lowest BCUT2D eigenvalue weighted by molar-refractivity contribution is -0.384.